The molecule has 0 aliphatic heterocycles. The van der Waals surface area contributed by atoms with Crippen molar-refractivity contribution in [3.8, 4) is 5.75 Å². The summed E-state index contributed by atoms with van der Waals surface area (Å²) in [5, 5.41) is 11.0. The fraction of sp³-hybridized carbons (Fsp3) is 0.567. The number of phenolic OH excluding ortho intramolecular Hbond substituents is 1. The van der Waals surface area contributed by atoms with Crippen molar-refractivity contribution in [2.45, 2.75) is 105 Å². The van der Waals surface area contributed by atoms with Gasteiger partial charge in [0.15, 0.2) is 11.6 Å². The highest BCUT2D eigenvalue weighted by atomic mass is 16.7. The van der Waals surface area contributed by atoms with Crippen LogP contribution in [0.15, 0.2) is 29.5 Å². The van der Waals surface area contributed by atoms with E-state index in [1.807, 2.05) is 55.4 Å². The second-order valence-corrected chi connectivity index (χ2v) is 12.0. The number of Topliss-reactive ketones (excluding diaryl/α,β-unsaturated/α-hetero) is 2. The Morgan fingerprint density at radius 3 is 2.00 bits per heavy atom. The van der Waals surface area contributed by atoms with Crippen LogP contribution in [-0.4, -0.2) is 44.6 Å². The summed E-state index contributed by atoms with van der Waals surface area (Å²) < 4.78 is 11.9. The number of esters is 1. The van der Waals surface area contributed by atoms with Crippen LogP contribution in [-0.2, 0) is 36.4 Å². The Bertz CT molecular complexity index is 1270. The van der Waals surface area contributed by atoms with Gasteiger partial charge in [-0.2, -0.15) is 0 Å². The van der Waals surface area contributed by atoms with E-state index in [1.165, 1.54) is 10.8 Å². The zero-order valence-corrected chi connectivity index (χ0v) is 25.1. The molecule has 2 aromatic rings. The van der Waals surface area contributed by atoms with E-state index in [1.54, 1.807) is 18.3 Å². The van der Waals surface area contributed by atoms with Gasteiger partial charge < -0.3 is 24.1 Å². The number of imidazole rings is 1. The van der Waals surface area contributed by atoms with Gasteiger partial charge in [0.25, 0.3) is 6.29 Å². The van der Waals surface area contributed by atoms with Gasteiger partial charge in [-0.05, 0) is 35.8 Å². The first-order valence-corrected chi connectivity index (χ1v) is 13.6. The van der Waals surface area contributed by atoms with Crippen molar-refractivity contribution in [3.05, 3.63) is 46.8 Å². The van der Waals surface area contributed by atoms with Crippen molar-refractivity contribution in [1.29, 1.82) is 0 Å². The molecular weight excluding hydrogens is 514 g/mol. The van der Waals surface area contributed by atoms with Crippen molar-refractivity contribution in [3.63, 3.8) is 0 Å². The highest BCUT2D eigenvalue weighted by Crippen LogP contribution is 2.40. The number of aromatic amines is 1. The summed E-state index contributed by atoms with van der Waals surface area (Å²) in [5.74, 6) is -1.14. The second kappa shape index (κ2) is 13.1. The fourth-order valence-corrected chi connectivity index (χ4v) is 4.35. The number of hydrogen-bond acceptors (Lipinski definition) is 7. The summed E-state index contributed by atoms with van der Waals surface area (Å²) >= 11 is 0. The molecule has 2 N–H and O–H groups in total. The van der Waals surface area contributed by atoms with Crippen LogP contribution in [0.3, 0.4) is 0 Å². The van der Waals surface area contributed by atoms with Crippen LogP contribution in [0, 0.1) is 5.92 Å². The second-order valence-electron chi connectivity index (χ2n) is 12.0. The Hall–Kier alpha value is -3.69. The van der Waals surface area contributed by atoms with Crippen LogP contribution in [0.1, 0.15) is 103 Å². The first-order valence-electron chi connectivity index (χ1n) is 13.6. The van der Waals surface area contributed by atoms with E-state index in [-0.39, 0.29) is 29.6 Å². The van der Waals surface area contributed by atoms with Crippen LogP contribution in [0.25, 0.3) is 0 Å². The van der Waals surface area contributed by atoms with Gasteiger partial charge in [-0.3, -0.25) is 14.4 Å². The third-order valence-corrected chi connectivity index (χ3v) is 6.63. The number of carbonyl (C=O) groups excluding carboxylic acids is 4. The Kier molecular flexibility index (Phi) is 10.7. The number of ketones is 2. The molecule has 1 aromatic carbocycles. The molecule has 0 aliphatic rings. The minimum atomic E-state index is -1.53. The van der Waals surface area contributed by atoms with Crippen molar-refractivity contribution >= 4 is 23.6 Å². The lowest BCUT2D eigenvalue weighted by Crippen LogP contribution is -2.29. The van der Waals surface area contributed by atoms with Gasteiger partial charge in [-0.1, -0.05) is 55.4 Å². The van der Waals surface area contributed by atoms with Gasteiger partial charge in [-0.25, -0.2) is 4.79 Å². The number of rotatable bonds is 10. The van der Waals surface area contributed by atoms with Crippen LogP contribution in [0.4, 0.5) is 4.79 Å². The molecule has 10 nitrogen and oxygen atoms in total. The zero-order chi connectivity index (χ0) is 30.4. The Morgan fingerprint density at radius 2 is 1.52 bits per heavy atom. The lowest BCUT2D eigenvalue weighted by Gasteiger charge is -2.28. The number of amides is 1. The smallest absolute Gasteiger partial charge is 0.439 e. The highest BCUT2D eigenvalue weighted by Gasteiger charge is 2.29. The summed E-state index contributed by atoms with van der Waals surface area (Å²) in [4.78, 5) is 57.0. The average molecular weight is 558 g/mol. The third-order valence-electron chi connectivity index (χ3n) is 6.63. The number of hydrogen-bond donors (Lipinski definition) is 2. The maximum absolute atomic E-state index is 13.4. The molecular formula is C30H43N3O7. The molecule has 0 saturated heterocycles. The number of H-pyrrole nitrogens is 1. The van der Waals surface area contributed by atoms with Gasteiger partial charge in [0, 0.05) is 41.9 Å². The van der Waals surface area contributed by atoms with Gasteiger partial charge in [0.05, 0.1) is 13.0 Å². The number of aromatic hydroxyl groups is 1. The summed E-state index contributed by atoms with van der Waals surface area (Å²) in [6, 6.07) is 3.23. The van der Waals surface area contributed by atoms with Gasteiger partial charge in [-0.15, -0.1) is 4.99 Å². The quantitative estimate of drug-likeness (QED) is 0.229. The normalized spacial score (nSPS) is 13.3. The van der Waals surface area contributed by atoms with Crippen molar-refractivity contribution in [2.24, 2.45) is 10.9 Å². The van der Waals surface area contributed by atoms with Crippen molar-refractivity contribution in [1.82, 2.24) is 9.55 Å². The summed E-state index contributed by atoms with van der Waals surface area (Å²) in [5.41, 5.74) is 0.654. The minimum Gasteiger partial charge on any atom is -0.507 e. The van der Waals surface area contributed by atoms with Gasteiger partial charge >= 0.3 is 12.1 Å². The van der Waals surface area contributed by atoms with E-state index in [0.29, 0.717) is 29.5 Å². The Labute approximate surface area is 235 Å². The lowest BCUT2D eigenvalue weighted by molar-refractivity contribution is -0.163. The van der Waals surface area contributed by atoms with Crippen LogP contribution < -0.4 is 5.62 Å². The van der Waals surface area contributed by atoms with Crippen LogP contribution in [0.5, 0.6) is 5.75 Å². The average Bonchev–Trinajstić information content (AvgIpc) is 3.23. The molecule has 2 rings (SSSR count). The van der Waals surface area contributed by atoms with E-state index in [2.05, 4.69) is 9.98 Å². The predicted octanol–water partition coefficient (Wildman–Crippen LogP) is 5.32. The van der Waals surface area contributed by atoms with Crippen LogP contribution >= 0.6 is 0 Å². The molecule has 0 spiro atoms. The number of nitrogens with one attached hydrogen (secondary N) is 1. The molecule has 1 unspecified atom stereocenters. The molecule has 1 aromatic heterocycles. The summed E-state index contributed by atoms with van der Waals surface area (Å²) in [6.45, 7) is 16.6. The SMILES string of the molecule is CCC(CC)C(=O)Cn1cc[nH]c1=NC(=O)OC(CC(=O)c1cc(C(C)(C)C)c(O)c(C(C)(C)C)c1)OC(C)=O. The highest BCUT2D eigenvalue weighted by molar-refractivity contribution is 5.97. The number of aromatic nitrogens is 2. The van der Waals surface area contributed by atoms with E-state index < -0.39 is 41.4 Å². The molecule has 0 bridgehead atoms. The van der Waals surface area contributed by atoms with Crippen LogP contribution in [0.2, 0.25) is 0 Å². The monoisotopic (exact) mass is 557 g/mol. The van der Waals surface area contributed by atoms with E-state index in [9.17, 15) is 24.3 Å². The van der Waals surface area contributed by atoms with Crippen molar-refractivity contribution < 1.29 is 33.8 Å². The molecule has 10 heteroatoms. The topological polar surface area (TPSA) is 140 Å². The van der Waals surface area contributed by atoms with E-state index >= 15 is 0 Å². The maximum Gasteiger partial charge on any atom is 0.439 e. The summed E-state index contributed by atoms with van der Waals surface area (Å²) in [6.07, 6.45) is 1.47. The fourth-order valence-electron chi connectivity index (χ4n) is 4.35. The number of ether oxygens (including phenoxy) is 2. The minimum absolute atomic E-state index is 0.0148. The molecule has 1 atom stereocenters. The standard InChI is InChI=1S/C30H43N3O7/c1-10-19(11-2)24(36)17-33-13-12-31-27(33)32-28(38)40-25(39-18(3)34)16-23(35)20-14-21(29(4,5)6)26(37)22(15-20)30(7,8)9/h12-15,19,25,37H,10-11,16-17H2,1-9H3,(H,31,32,38). The zero-order valence-electron chi connectivity index (χ0n) is 25.1. The summed E-state index contributed by atoms with van der Waals surface area (Å²) in [7, 11) is 0. The maximum atomic E-state index is 13.4. The van der Waals surface area contributed by atoms with Gasteiger partial charge in [0.2, 0.25) is 5.62 Å². The molecule has 1 heterocycles. The molecule has 1 amide bonds. The first-order chi connectivity index (χ1) is 18.5. The first kappa shape index (κ1) is 32.5. The third kappa shape index (κ3) is 8.66. The molecule has 220 valence electrons. The van der Waals surface area contributed by atoms with E-state index in [0.717, 1.165) is 6.92 Å². The largest absolute Gasteiger partial charge is 0.507 e. The number of benzene rings is 1. The van der Waals surface area contributed by atoms with E-state index in [4.69, 9.17) is 9.47 Å². The molecule has 0 aliphatic carbocycles. The Morgan fingerprint density at radius 1 is 0.975 bits per heavy atom. The lowest BCUT2D eigenvalue weighted by atomic mass is 9.78. The number of phenols is 1. The number of carbonyl (C=O) groups is 4. The molecule has 0 radical (unpaired) electrons. The predicted molar refractivity (Wildman–Crippen MR) is 150 cm³/mol. The van der Waals surface area contributed by atoms with Crippen molar-refractivity contribution in [2.75, 3.05) is 0 Å². The molecule has 0 fully saturated rings. The molecule has 40 heavy (non-hydrogen) atoms. The van der Waals surface area contributed by atoms with Gasteiger partial charge in [0.1, 0.15) is 5.75 Å². The Balaban J connectivity index is 2.33. The number of nitrogens with zero attached hydrogens (tertiary/aromatic N) is 2. The molecule has 0 saturated carbocycles.